The molecule has 10 heteroatoms. The Morgan fingerprint density at radius 2 is 1.45 bits per heavy atom. The Labute approximate surface area is 333 Å². The molecular weight excluding hydrogens is 772 g/mol. The normalized spacial score (nSPS) is 27.7. The summed E-state index contributed by atoms with van der Waals surface area (Å²) in [5.74, 6) is -4.63. The molecule has 0 aromatic heterocycles. The number of halogens is 1. The van der Waals surface area contributed by atoms with Gasteiger partial charge in [-0.25, -0.2) is 0 Å². The average molecular weight is 824 g/mol. The molecule has 0 bridgehead atoms. The van der Waals surface area contributed by atoms with Crippen molar-refractivity contribution in [1.82, 2.24) is 9.80 Å². The molecule has 4 aromatic carbocycles. The quantitative estimate of drug-likeness (QED) is 0.142. The molecule has 3 heterocycles. The van der Waals surface area contributed by atoms with Crippen molar-refractivity contribution in [3.63, 3.8) is 0 Å². The van der Waals surface area contributed by atoms with Gasteiger partial charge in [0.25, 0.3) is 8.32 Å². The summed E-state index contributed by atoms with van der Waals surface area (Å²) in [7, 11) is -3.03. The number of benzene rings is 4. The van der Waals surface area contributed by atoms with Gasteiger partial charge in [-0.1, -0.05) is 128 Å². The van der Waals surface area contributed by atoms with Gasteiger partial charge in [0.15, 0.2) is 5.79 Å². The van der Waals surface area contributed by atoms with Gasteiger partial charge in [-0.05, 0) is 64.9 Å². The number of carbonyl (C=O) groups is 2. The summed E-state index contributed by atoms with van der Waals surface area (Å²) in [4.78, 5) is 33.2. The zero-order chi connectivity index (χ0) is 38.5. The molecule has 2 amide bonds. The number of aliphatic hydroxyl groups is 1. The van der Waals surface area contributed by atoms with Crippen LogP contribution in [0.3, 0.4) is 0 Å². The van der Waals surface area contributed by atoms with Crippen molar-refractivity contribution >= 4 is 46.4 Å². The Bertz CT molecular complexity index is 1960. The molecule has 2 N–H and O–H groups in total. The average Bonchev–Trinajstić information content (AvgIpc) is 3.66. The maximum atomic E-state index is 14.6. The number of amides is 2. The summed E-state index contributed by atoms with van der Waals surface area (Å²) in [6, 6.07) is 36.1. The third-order valence-corrected chi connectivity index (χ3v) is 18.3. The number of piperidine rings is 1. The minimum atomic E-state index is -3.03. The number of imide groups is 1. The monoisotopic (exact) mass is 822 g/mol. The van der Waals surface area contributed by atoms with Gasteiger partial charge in [0.2, 0.25) is 11.8 Å². The Hall–Kier alpha value is -3.64. The molecule has 4 fully saturated rings. The van der Waals surface area contributed by atoms with Gasteiger partial charge in [0.05, 0.1) is 17.9 Å². The van der Waals surface area contributed by atoms with Crippen LogP contribution in [0.25, 0.3) is 0 Å². The van der Waals surface area contributed by atoms with Crippen LogP contribution in [-0.2, 0) is 25.3 Å². The number of phenolic OH excluding ortho intramolecular Hbond substituents is 1. The van der Waals surface area contributed by atoms with E-state index in [-0.39, 0.29) is 41.7 Å². The Balaban J connectivity index is 1.12. The summed E-state index contributed by atoms with van der Waals surface area (Å²) in [6.07, 6.45) is 1.30. The second-order valence-electron chi connectivity index (χ2n) is 17.0. The SMILES string of the molecule is CC(C)(C)[Si](OC[C@H]1C[C@@H]2C(=O)N(C3CCN(Cc4ccccc4)CC3)C(=O)[C@@H]2[C@@H]2C[C@@H](c3cc(Br)ccc3O)O[C@]12O)(c1ccccc1)c1ccccc1. The topological polar surface area (TPSA) is 99.5 Å². The summed E-state index contributed by atoms with van der Waals surface area (Å²) in [5.41, 5.74) is 1.79. The van der Waals surface area contributed by atoms with Crippen molar-refractivity contribution in [1.29, 1.82) is 0 Å². The first kappa shape index (κ1) is 38.2. The highest BCUT2D eigenvalue weighted by Crippen LogP contribution is 2.59. The molecule has 8 rings (SSSR count). The molecule has 3 saturated heterocycles. The molecule has 3 aliphatic heterocycles. The van der Waals surface area contributed by atoms with Crippen molar-refractivity contribution < 1.29 is 29.0 Å². The lowest BCUT2D eigenvalue weighted by Gasteiger charge is -2.48. The number of nitrogens with zero attached hydrogens (tertiary/aromatic N) is 2. The lowest BCUT2D eigenvalue weighted by atomic mass is 9.64. The van der Waals surface area contributed by atoms with Crippen LogP contribution in [0.5, 0.6) is 5.75 Å². The predicted molar refractivity (Wildman–Crippen MR) is 218 cm³/mol. The summed E-state index contributed by atoms with van der Waals surface area (Å²) in [6.45, 7) is 9.21. The van der Waals surface area contributed by atoms with E-state index in [2.05, 4.69) is 90.1 Å². The molecule has 1 aliphatic carbocycles. The molecule has 0 radical (unpaired) electrons. The van der Waals surface area contributed by atoms with E-state index < -0.39 is 43.9 Å². The van der Waals surface area contributed by atoms with Gasteiger partial charge < -0.3 is 19.4 Å². The molecule has 0 spiro atoms. The van der Waals surface area contributed by atoms with Gasteiger partial charge in [0, 0.05) is 54.2 Å². The number of fused-ring (bicyclic) bond motifs is 3. The van der Waals surface area contributed by atoms with Gasteiger partial charge in [-0.2, -0.15) is 0 Å². The van der Waals surface area contributed by atoms with E-state index in [1.807, 2.05) is 48.5 Å². The fourth-order valence-electron chi connectivity index (χ4n) is 10.2. The summed E-state index contributed by atoms with van der Waals surface area (Å²) in [5, 5.41) is 25.9. The van der Waals surface area contributed by atoms with Gasteiger partial charge in [-0.15, -0.1) is 0 Å². The molecule has 4 aliphatic rings. The van der Waals surface area contributed by atoms with E-state index in [9.17, 15) is 19.8 Å². The van der Waals surface area contributed by atoms with E-state index in [1.54, 1.807) is 17.0 Å². The second kappa shape index (κ2) is 15.0. The van der Waals surface area contributed by atoms with Crippen molar-refractivity contribution in [3.05, 3.63) is 125 Å². The van der Waals surface area contributed by atoms with E-state index >= 15 is 0 Å². The number of likely N-dealkylation sites (tertiary alicyclic amines) is 2. The lowest BCUT2D eigenvalue weighted by Crippen LogP contribution is -2.67. The van der Waals surface area contributed by atoms with Crippen LogP contribution in [0, 0.1) is 23.7 Å². The number of rotatable bonds is 9. The molecule has 55 heavy (non-hydrogen) atoms. The molecule has 8 nitrogen and oxygen atoms in total. The first-order valence-corrected chi connectivity index (χ1v) is 22.4. The van der Waals surface area contributed by atoms with E-state index in [1.165, 1.54) is 5.56 Å². The van der Waals surface area contributed by atoms with Crippen LogP contribution in [-0.4, -0.2) is 71.7 Å². The smallest absolute Gasteiger partial charge is 0.261 e. The van der Waals surface area contributed by atoms with E-state index in [0.29, 0.717) is 24.8 Å². The maximum absolute atomic E-state index is 14.6. The van der Waals surface area contributed by atoms with Gasteiger partial charge in [-0.3, -0.25) is 19.4 Å². The zero-order valence-electron chi connectivity index (χ0n) is 31.8. The third-order valence-electron chi connectivity index (χ3n) is 12.8. The predicted octanol–water partition coefficient (Wildman–Crippen LogP) is 6.78. The van der Waals surface area contributed by atoms with Crippen LogP contribution in [0.4, 0.5) is 0 Å². The highest BCUT2D eigenvalue weighted by molar-refractivity contribution is 9.10. The first-order valence-electron chi connectivity index (χ1n) is 19.7. The lowest BCUT2D eigenvalue weighted by molar-refractivity contribution is -0.273. The minimum Gasteiger partial charge on any atom is -0.508 e. The van der Waals surface area contributed by atoms with Crippen LogP contribution < -0.4 is 10.4 Å². The summed E-state index contributed by atoms with van der Waals surface area (Å²) < 4.78 is 14.9. The standard InChI is InChI=1S/C45H51BrN2O6Si/c1-44(2,3)55(34-15-9-5-10-16-34,35-17-11-6-12-18-35)53-29-31-25-37-41(38-27-40(54-45(31,38)52)36-26-32(46)19-20-39(36)49)43(51)48(42(37)50)33-21-23-47(24-22-33)28-30-13-7-4-8-14-30/h4-20,26,31,33,37-38,40-41,49,52H,21-25,27-29H2,1-3H3/t31-,37+,38+,40+,41+,45-/m1/s1. The Kier molecular flexibility index (Phi) is 10.4. The molecule has 288 valence electrons. The molecule has 6 atom stereocenters. The molecule has 4 aromatic rings. The number of carbonyl (C=O) groups excluding carboxylic acids is 2. The largest absolute Gasteiger partial charge is 0.508 e. The van der Waals surface area contributed by atoms with Crippen molar-refractivity contribution in [2.75, 3.05) is 19.7 Å². The number of hydrogen-bond acceptors (Lipinski definition) is 7. The van der Waals surface area contributed by atoms with Crippen LogP contribution in [0.1, 0.15) is 63.7 Å². The van der Waals surface area contributed by atoms with E-state index in [4.69, 9.17) is 9.16 Å². The summed E-state index contributed by atoms with van der Waals surface area (Å²) >= 11 is 3.54. The van der Waals surface area contributed by atoms with Crippen molar-refractivity contribution in [3.8, 4) is 5.75 Å². The highest BCUT2D eigenvalue weighted by atomic mass is 79.9. The number of aromatic hydroxyl groups is 1. The Morgan fingerprint density at radius 3 is 2.05 bits per heavy atom. The van der Waals surface area contributed by atoms with Crippen LogP contribution >= 0.6 is 15.9 Å². The second-order valence-corrected chi connectivity index (χ2v) is 22.2. The highest BCUT2D eigenvalue weighted by Gasteiger charge is 2.68. The fraction of sp³-hybridized carbons (Fsp3) is 0.422. The van der Waals surface area contributed by atoms with Gasteiger partial charge >= 0.3 is 0 Å². The molecule has 0 unspecified atom stereocenters. The fourth-order valence-corrected chi connectivity index (χ4v) is 15.2. The van der Waals surface area contributed by atoms with E-state index in [0.717, 1.165) is 34.5 Å². The van der Waals surface area contributed by atoms with Crippen LogP contribution in [0.15, 0.2) is 114 Å². The number of phenols is 1. The zero-order valence-corrected chi connectivity index (χ0v) is 34.4. The van der Waals surface area contributed by atoms with Crippen molar-refractivity contribution in [2.45, 2.75) is 76.0 Å². The minimum absolute atomic E-state index is 0.0600. The maximum Gasteiger partial charge on any atom is 0.261 e. The van der Waals surface area contributed by atoms with Crippen molar-refractivity contribution in [2.24, 2.45) is 23.7 Å². The number of hydrogen-bond donors (Lipinski definition) is 2. The first-order chi connectivity index (χ1) is 26.4. The van der Waals surface area contributed by atoms with Crippen LogP contribution in [0.2, 0.25) is 5.04 Å². The number of ether oxygens (including phenoxy) is 1. The molecule has 1 saturated carbocycles. The third kappa shape index (κ3) is 6.82. The van der Waals surface area contributed by atoms with Gasteiger partial charge in [0.1, 0.15) is 5.75 Å². The Morgan fingerprint density at radius 1 is 0.855 bits per heavy atom. The molecular formula is C45H51BrN2O6Si.